The Hall–Kier alpha value is -1.91. The number of benzene rings is 1. The Bertz CT molecular complexity index is 676. The van der Waals surface area contributed by atoms with Crippen LogP contribution in [0.1, 0.15) is 10.4 Å². The molecule has 1 aromatic rings. The first-order valence-electron chi connectivity index (χ1n) is 5.56. The van der Waals surface area contributed by atoms with Crippen LogP contribution in [-0.2, 0) is 9.84 Å². The molecule has 0 atom stereocenters. The van der Waals surface area contributed by atoms with Gasteiger partial charge in [0.05, 0.1) is 15.7 Å². The molecule has 0 bridgehead atoms. The predicted octanol–water partition coefficient (Wildman–Crippen LogP) is 0.308. The zero-order valence-electron chi connectivity index (χ0n) is 10.9. The number of nitrogens with one attached hydrogen (secondary N) is 2. The number of nitrogens with two attached hydrogens (primary N) is 1. The highest BCUT2D eigenvalue weighted by atomic mass is 35.5. The summed E-state index contributed by atoms with van der Waals surface area (Å²) in [6.45, 7) is -0.111. The lowest BCUT2D eigenvalue weighted by Crippen LogP contribution is -2.29. The van der Waals surface area contributed by atoms with Crippen LogP contribution in [0.3, 0.4) is 0 Å². The van der Waals surface area contributed by atoms with Crippen molar-refractivity contribution in [3.05, 3.63) is 32.8 Å². The summed E-state index contributed by atoms with van der Waals surface area (Å²) in [6, 6.07) is 2.19. The lowest BCUT2D eigenvalue weighted by atomic mass is 10.1. The van der Waals surface area contributed by atoms with Crippen molar-refractivity contribution in [2.45, 2.75) is 0 Å². The quantitative estimate of drug-likeness (QED) is 0.385. The smallest absolute Gasteiger partial charge is 0.295 e. The largest absolute Gasteiger partial charge is 0.351 e. The molecular formula is C10H13ClN4O5S. The molecule has 9 nitrogen and oxygen atoms in total. The van der Waals surface area contributed by atoms with Gasteiger partial charge in [-0.1, -0.05) is 11.6 Å². The molecule has 0 fully saturated rings. The van der Waals surface area contributed by atoms with Crippen molar-refractivity contribution in [2.24, 2.45) is 5.84 Å². The number of sulfone groups is 1. The molecule has 0 saturated heterocycles. The lowest BCUT2D eigenvalue weighted by molar-refractivity contribution is -0.384. The molecule has 0 aliphatic rings. The zero-order chi connectivity index (χ0) is 16.2. The van der Waals surface area contributed by atoms with E-state index in [0.717, 1.165) is 12.3 Å². The number of rotatable bonds is 6. The number of anilines is 1. The summed E-state index contributed by atoms with van der Waals surface area (Å²) in [7, 11) is -3.22. The van der Waals surface area contributed by atoms with Crippen LogP contribution in [-0.4, -0.2) is 37.8 Å². The van der Waals surface area contributed by atoms with Gasteiger partial charge in [-0.3, -0.25) is 20.8 Å². The number of carbonyl (C=O) groups excluding carboxylic acids is 1. The Kier molecular flexibility index (Phi) is 5.47. The van der Waals surface area contributed by atoms with E-state index in [2.05, 4.69) is 10.7 Å². The third-order valence-corrected chi connectivity index (χ3v) is 3.67. The van der Waals surface area contributed by atoms with E-state index in [4.69, 9.17) is 17.4 Å². The Morgan fingerprint density at radius 3 is 2.57 bits per heavy atom. The van der Waals surface area contributed by atoms with Crippen molar-refractivity contribution in [2.75, 3.05) is 24.0 Å². The van der Waals surface area contributed by atoms with Crippen LogP contribution in [0.5, 0.6) is 0 Å². The molecule has 0 spiro atoms. The SMILES string of the molecule is CS(=O)(=O)CCNC(=O)c1cc(Cl)c(NN)c([N+](=O)[O-])c1. The second kappa shape index (κ2) is 6.70. The summed E-state index contributed by atoms with van der Waals surface area (Å²) in [4.78, 5) is 22.0. The topological polar surface area (TPSA) is 144 Å². The molecule has 1 aromatic carbocycles. The minimum atomic E-state index is -3.22. The predicted molar refractivity (Wildman–Crippen MR) is 78.0 cm³/mol. The van der Waals surface area contributed by atoms with E-state index in [0.29, 0.717) is 0 Å². The van der Waals surface area contributed by atoms with Gasteiger partial charge in [0.1, 0.15) is 15.5 Å². The number of carbonyl (C=O) groups is 1. The van der Waals surface area contributed by atoms with Gasteiger partial charge in [-0.2, -0.15) is 0 Å². The van der Waals surface area contributed by atoms with Crippen molar-refractivity contribution < 1.29 is 18.1 Å². The number of hydrogen-bond acceptors (Lipinski definition) is 7. The monoisotopic (exact) mass is 336 g/mol. The Balaban J connectivity index is 2.98. The first kappa shape index (κ1) is 17.1. The number of nitro groups is 1. The number of nitrogen functional groups attached to an aromatic ring is 1. The van der Waals surface area contributed by atoms with Gasteiger partial charge >= 0.3 is 0 Å². The Morgan fingerprint density at radius 1 is 1.48 bits per heavy atom. The molecular weight excluding hydrogens is 324 g/mol. The van der Waals surface area contributed by atoms with E-state index >= 15 is 0 Å². The van der Waals surface area contributed by atoms with Crippen LogP contribution >= 0.6 is 11.6 Å². The van der Waals surface area contributed by atoms with Gasteiger partial charge in [0.15, 0.2) is 0 Å². The summed E-state index contributed by atoms with van der Waals surface area (Å²) in [5.41, 5.74) is 1.44. The maximum absolute atomic E-state index is 11.8. The van der Waals surface area contributed by atoms with Crippen LogP contribution in [0, 0.1) is 10.1 Å². The maximum Gasteiger partial charge on any atom is 0.295 e. The summed E-state index contributed by atoms with van der Waals surface area (Å²) < 4.78 is 21.9. The molecule has 11 heteroatoms. The van der Waals surface area contributed by atoms with E-state index < -0.39 is 26.4 Å². The molecule has 116 valence electrons. The molecule has 1 rings (SSSR count). The number of nitro benzene ring substituents is 1. The highest BCUT2D eigenvalue weighted by molar-refractivity contribution is 7.90. The Labute approximate surface area is 125 Å². The number of hydrazine groups is 1. The van der Waals surface area contributed by atoms with Crippen LogP contribution in [0.25, 0.3) is 0 Å². The van der Waals surface area contributed by atoms with Crippen LogP contribution in [0.15, 0.2) is 12.1 Å². The van der Waals surface area contributed by atoms with E-state index in [1.165, 1.54) is 6.07 Å². The van der Waals surface area contributed by atoms with Crippen molar-refractivity contribution in [3.8, 4) is 0 Å². The number of hydrogen-bond donors (Lipinski definition) is 3. The average Bonchev–Trinajstić information content (AvgIpc) is 2.35. The zero-order valence-corrected chi connectivity index (χ0v) is 12.5. The number of nitrogens with zero attached hydrogens (tertiary/aromatic N) is 1. The molecule has 4 N–H and O–H groups in total. The molecule has 0 aromatic heterocycles. The molecule has 1 amide bonds. The standard InChI is InChI=1S/C10H13ClN4O5S/c1-21(19,20)3-2-13-10(16)6-4-7(11)9(14-12)8(5-6)15(17)18/h4-5,14H,2-3,12H2,1H3,(H,13,16). The number of amides is 1. The van der Waals surface area contributed by atoms with Gasteiger partial charge in [-0.05, 0) is 6.07 Å². The minimum absolute atomic E-state index is 0.0702. The highest BCUT2D eigenvalue weighted by Crippen LogP contribution is 2.32. The van der Waals surface area contributed by atoms with Gasteiger partial charge in [-0.15, -0.1) is 0 Å². The summed E-state index contributed by atoms with van der Waals surface area (Å²) in [5.74, 6) is 4.22. The lowest BCUT2D eigenvalue weighted by Gasteiger charge is -2.08. The number of halogens is 1. The van der Waals surface area contributed by atoms with Crippen molar-refractivity contribution >= 4 is 38.7 Å². The second-order valence-corrected chi connectivity index (χ2v) is 6.81. The van der Waals surface area contributed by atoms with Gasteiger partial charge < -0.3 is 10.7 Å². The second-order valence-electron chi connectivity index (χ2n) is 4.14. The molecule has 0 saturated carbocycles. The normalized spacial score (nSPS) is 11.0. The fraction of sp³-hybridized carbons (Fsp3) is 0.300. The van der Waals surface area contributed by atoms with Crippen molar-refractivity contribution in [3.63, 3.8) is 0 Å². The van der Waals surface area contributed by atoms with Crippen LogP contribution < -0.4 is 16.6 Å². The van der Waals surface area contributed by atoms with Gasteiger partial charge in [0.2, 0.25) is 0 Å². The maximum atomic E-state index is 11.8. The Morgan fingerprint density at radius 2 is 2.10 bits per heavy atom. The molecule has 0 unspecified atom stereocenters. The molecule has 0 aliphatic heterocycles. The van der Waals surface area contributed by atoms with E-state index in [1.54, 1.807) is 0 Å². The van der Waals surface area contributed by atoms with E-state index in [9.17, 15) is 23.3 Å². The first-order chi connectivity index (χ1) is 9.65. The van der Waals surface area contributed by atoms with Gasteiger partial charge in [0, 0.05) is 24.4 Å². The summed E-state index contributed by atoms with van der Waals surface area (Å²) in [5, 5.41) is 13.1. The molecule has 0 aliphatic carbocycles. The van der Waals surface area contributed by atoms with E-state index in [-0.39, 0.29) is 28.6 Å². The minimum Gasteiger partial charge on any atom is -0.351 e. The first-order valence-corrected chi connectivity index (χ1v) is 8.00. The molecule has 21 heavy (non-hydrogen) atoms. The average molecular weight is 337 g/mol. The van der Waals surface area contributed by atoms with Crippen LogP contribution in [0.2, 0.25) is 5.02 Å². The highest BCUT2D eigenvalue weighted by Gasteiger charge is 2.21. The summed E-state index contributed by atoms with van der Waals surface area (Å²) in [6.07, 6.45) is 1.03. The van der Waals surface area contributed by atoms with Crippen molar-refractivity contribution in [1.29, 1.82) is 0 Å². The van der Waals surface area contributed by atoms with Crippen LogP contribution in [0.4, 0.5) is 11.4 Å². The molecule has 0 radical (unpaired) electrons. The summed E-state index contributed by atoms with van der Waals surface area (Å²) >= 11 is 5.81. The van der Waals surface area contributed by atoms with Gasteiger partial charge in [-0.25, -0.2) is 8.42 Å². The fourth-order valence-electron chi connectivity index (χ4n) is 1.46. The fourth-order valence-corrected chi connectivity index (χ4v) is 2.20. The van der Waals surface area contributed by atoms with Crippen molar-refractivity contribution in [1.82, 2.24) is 5.32 Å². The molecule has 0 heterocycles. The van der Waals surface area contributed by atoms with E-state index in [1.807, 2.05) is 0 Å². The third kappa shape index (κ3) is 4.85. The van der Waals surface area contributed by atoms with Gasteiger partial charge in [0.25, 0.3) is 11.6 Å². The third-order valence-electron chi connectivity index (χ3n) is 2.43.